The van der Waals surface area contributed by atoms with Crippen LogP contribution in [0.3, 0.4) is 0 Å². The lowest BCUT2D eigenvalue weighted by Crippen LogP contribution is -2.45. The minimum Gasteiger partial charge on any atom is -0.497 e. The Labute approximate surface area is 170 Å². The minimum atomic E-state index is -0.259. The van der Waals surface area contributed by atoms with Crippen LogP contribution in [-0.2, 0) is 11.3 Å². The van der Waals surface area contributed by atoms with Crippen LogP contribution < -0.4 is 20.9 Å². The molecule has 28 heavy (non-hydrogen) atoms. The van der Waals surface area contributed by atoms with E-state index >= 15 is 0 Å². The summed E-state index contributed by atoms with van der Waals surface area (Å²) in [5, 5.41) is 3.39. The molecule has 1 fully saturated rings. The van der Waals surface area contributed by atoms with Gasteiger partial charge in [-0.25, -0.2) is 0 Å². The lowest BCUT2D eigenvalue weighted by Gasteiger charge is -2.11. The molecule has 3 rings (SSSR count). The van der Waals surface area contributed by atoms with Gasteiger partial charge in [-0.05, 0) is 74.3 Å². The maximum Gasteiger partial charge on any atom is 0.262 e. The molecule has 7 heteroatoms. The normalized spacial score (nSPS) is 13.4. The summed E-state index contributed by atoms with van der Waals surface area (Å²) in [6, 6.07) is 10.4. The first-order valence-electron chi connectivity index (χ1n) is 9.31. The van der Waals surface area contributed by atoms with Crippen molar-refractivity contribution in [2.24, 2.45) is 0 Å². The first-order valence-corrected chi connectivity index (χ1v) is 9.72. The Morgan fingerprint density at radius 3 is 2.61 bits per heavy atom. The van der Waals surface area contributed by atoms with Gasteiger partial charge in [0.25, 0.3) is 5.91 Å². The Kier molecular flexibility index (Phi) is 6.36. The number of benzene rings is 1. The number of methoxy groups -OCH3 is 1. The van der Waals surface area contributed by atoms with E-state index in [9.17, 15) is 4.79 Å². The molecule has 2 aromatic rings. The zero-order valence-electron chi connectivity index (χ0n) is 16.4. The van der Waals surface area contributed by atoms with Crippen LogP contribution in [-0.4, -0.2) is 22.7 Å². The predicted molar refractivity (Wildman–Crippen MR) is 115 cm³/mol. The molecule has 1 saturated carbocycles. The molecule has 1 aromatic carbocycles. The number of carbonyl (C=O) groups excluding carboxylic acids is 1. The summed E-state index contributed by atoms with van der Waals surface area (Å²) in [6.07, 6.45) is 5.83. The third kappa shape index (κ3) is 5.13. The molecule has 0 bridgehead atoms. The smallest absolute Gasteiger partial charge is 0.262 e. The highest BCUT2D eigenvalue weighted by molar-refractivity contribution is 7.80. The summed E-state index contributed by atoms with van der Waals surface area (Å²) >= 11 is 5.19. The Bertz CT molecular complexity index is 883. The van der Waals surface area contributed by atoms with E-state index < -0.39 is 0 Å². The van der Waals surface area contributed by atoms with E-state index in [0.717, 1.165) is 16.9 Å². The van der Waals surface area contributed by atoms with Crippen LogP contribution in [0.5, 0.6) is 5.75 Å². The second-order valence-electron chi connectivity index (χ2n) is 6.91. The molecular weight excluding hydrogens is 372 g/mol. The molecule has 3 N–H and O–H groups in total. The van der Waals surface area contributed by atoms with Gasteiger partial charge in [0, 0.05) is 30.1 Å². The summed E-state index contributed by atoms with van der Waals surface area (Å²) in [6.45, 7) is 4.76. The van der Waals surface area contributed by atoms with E-state index in [-0.39, 0.29) is 5.91 Å². The van der Waals surface area contributed by atoms with Gasteiger partial charge >= 0.3 is 0 Å². The largest absolute Gasteiger partial charge is 0.497 e. The van der Waals surface area contributed by atoms with E-state index in [1.54, 1.807) is 7.11 Å². The van der Waals surface area contributed by atoms with Crippen LogP contribution in [0.25, 0.3) is 6.08 Å². The quantitative estimate of drug-likeness (QED) is 0.396. The highest BCUT2D eigenvalue weighted by atomic mass is 32.1. The van der Waals surface area contributed by atoms with Crippen LogP contribution in [0.4, 0.5) is 0 Å². The number of aryl methyl sites for hydroxylation is 1. The number of hydrogen-bond acceptors (Lipinski definition) is 3. The third-order valence-electron chi connectivity index (χ3n) is 4.76. The molecule has 1 aliphatic rings. The monoisotopic (exact) mass is 398 g/mol. The second-order valence-corrected chi connectivity index (χ2v) is 7.31. The molecule has 148 valence electrons. The van der Waals surface area contributed by atoms with Crippen LogP contribution in [0.2, 0.25) is 0 Å². The number of aromatic nitrogens is 1. The van der Waals surface area contributed by atoms with Crippen molar-refractivity contribution in [1.29, 1.82) is 0 Å². The van der Waals surface area contributed by atoms with Crippen LogP contribution >= 0.6 is 12.2 Å². The number of carbonyl (C=O) groups is 1. The van der Waals surface area contributed by atoms with Gasteiger partial charge in [0.2, 0.25) is 0 Å². The number of rotatable bonds is 6. The molecule has 6 nitrogen and oxygen atoms in total. The maximum atomic E-state index is 12.0. The molecule has 0 radical (unpaired) electrons. The average Bonchev–Trinajstić information content (AvgIpc) is 3.48. The Morgan fingerprint density at radius 2 is 1.96 bits per heavy atom. The van der Waals surface area contributed by atoms with E-state index in [2.05, 4.69) is 40.6 Å². The van der Waals surface area contributed by atoms with Crippen LogP contribution in [0.15, 0.2) is 36.4 Å². The van der Waals surface area contributed by atoms with Gasteiger partial charge < -0.3 is 14.6 Å². The molecule has 1 heterocycles. The molecule has 0 unspecified atom stereocenters. The molecule has 1 amide bonds. The number of ether oxygens (including phenoxy) is 1. The number of hydrogen-bond donors (Lipinski definition) is 3. The number of thiocarbonyl (C=S) groups is 1. The molecule has 1 aliphatic carbocycles. The number of nitrogens with zero attached hydrogens (tertiary/aromatic N) is 1. The zero-order chi connectivity index (χ0) is 20.1. The van der Waals surface area contributed by atoms with Gasteiger partial charge in [-0.15, -0.1) is 0 Å². The fourth-order valence-corrected chi connectivity index (χ4v) is 3.28. The van der Waals surface area contributed by atoms with E-state index in [1.807, 2.05) is 30.3 Å². The van der Waals surface area contributed by atoms with Crippen molar-refractivity contribution in [1.82, 2.24) is 20.7 Å². The lowest BCUT2D eigenvalue weighted by atomic mass is 10.2. The Hall–Kier alpha value is -2.80. The summed E-state index contributed by atoms with van der Waals surface area (Å²) in [7, 11) is 1.63. The minimum absolute atomic E-state index is 0.259. The summed E-state index contributed by atoms with van der Waals surface area (Å²) in [4.78, 5) is 12.0. The molecule has 0 spiro atoms. The molecule has 0 atom stereocenters. The van der Waals surface area contributed by atoms with Crippen molar-refractivity contribution in [3.63, 3.8) is 0 Å². The molecule has 0 aliphatic heterocycles. The van der Waals surface area contributed by atoms with Gasteiger partial charge in [-0.1, -0.05) is 12.1 Å². The van der Waals surface area contributed by atoms with Crippen molar-refractivity contribution in [2.45, 2.75) is 39.3 Å². The average molecular weight is 399 g/mol. The predicted octanol–water partition coefficient (Wildman–Crippen LogP) is 3.16. The van der Waals surface area contributed by atoms with E-state index in [0.29, 0.717) is 17.7 Å². The van der Waals surface area contributed by atoms with Crippen molar-refractivity contribution >= 4 is 29.3 Å². The first-order chi connectivity index (χ1) is 13.5. The van der Waals surface area contributed by atoms with E-state index in [4.69, 9.17) is 17.0 Å². The van der Waals surface area contributed by atoms with Crippen molar-refractivity contribution in [3.8, 4) is 5.75 Å². The Balaban J connectivity index is 1.44. The summed E-state index contributed by atoms with van der Waals surface area (Å²) < 4.78 is 7.49. The maximum absolute atomic E-state index is 12.0. The van der Waals surface area contributed by atoms with Crippen molar-refractivity contribution in [3.05, 3.63) is 58.9 Å². The fraction of sp³-hybridized carbons (Fsp3) is 0.333. The summed E-state index contributed by atoms with van der Waals surface area (Å²) in [5.41, 5.74) is 9.85. The topological polar surface area (TPSA) is 67.3 Å². The van der Waals surface area contributed by atoms with Gasteiger partial charge in [0.05, 0.1) is 7.11 Å². The standard InChI is InChI=1S/C21H26N4O2S/c1-14-12-17(15(2)25(14)18-7-8-18)6-11-20(26)23-24-21(28)22-13-16-4-9-19(27-3)10-5-16/h4-6,9-12,18H,7-8,13H2,1-3H3,(H,23,26)(H2,22,24,28)/b11-6+. The molecule has 0 saturated heterocycles. The zero-order valence-corrected chi connectivity index (χ0v) is 17.2. The van der Waals surface area contributed by atoms with Crippen molar-refractivity contribution in [2.75, 3.05) is 7.11 Å². The fourth-order valence-electron chi connectivity index (χ4n) is 3.16. The van der Waals surface area contributed by atoms with Gasteiger partial charge in [0.1, 0.15) is 5.75 Å². The summed E-state index contributed by atoms with van der Waals surface area (Å²) in [5.74, 6) is 0.547. The number of amides is 1. The first kappa shape index (κ1) is 19.9. The SMILES string of the molecule is COc1ccc(CNC(=S)NNC(=O)/C=C/c2cc(C)n(C3CC3)c2C)cc1. The van der Waals surface area contributed by atoms with Crippen LogP contribution in [0.1, 0.15) is 41.4 Å². The van der Waals surface area contributed by atoms with Crippen molar-refractivity contribution < 1.29 is 9.53 Å². The second kappa shape index (κ2) is 8.93. The molecular formula is C21H26N4O2S. The van der Waals surface area contributed by atoms with Gasteiger partial charge in [-0.2, -0.15) is 0 Å². The number of hydrazine groups is 1. The van der Waals surface area contributed by atoms with Gasteiger partial charge in [0.15, 0.2) is 5.11 Å². The lowest BCUT2D eigenvalue weighted by molar-refractivity contribution is -0.116. The highest BCUT2D eigenvalue weighted by Crippen LogP contribution is 2.38. The third-order valence-corrected chi connectivity index (χ3v) is 5.01. The van der Waals surface area contributed by atoms with E-state index in [1.165, 1.54) is 30.3 Å². The van der Waals surface area contributed by atoms with Gasteiger partial charge in [-0.3, -0.25) is 15.6 Å². The Morgan fingerprint density at radius 1 is 1.25 bits per heavy atom. The van der Waals surface area contributed by atoms with Crippen LogP contribution in [0, 0.1) is 13.8 Å². The number of nitrogens with one attached hydrogen (secondary N) is 3. The molecule has 1 aromatic heterocycles. The highest BCUT2D eigenvalue weighted by Gasteiger charge is 2.26.